The van der Waals surface area contributed by atoms with Crippen molar-refractivity contribution in [3.8, 4) is 0 Å². The zero-order valence-electron chi connectivity index (χ0n) is 8.53. The Labute approximate surface area is 83.2 Å². The summed E-state index contributed by atoms with van der Waals surface area (Å²) in [4.78, 5) is 17.2. The highest BCUT2D eigenvalue weighted by Crippen LogP contribution is 2.24. The number of hydrogen-bond donors (Lipinski definition) is 1. The molecule has 1 saturated heterocycles. The van der Waals surface area contributed by atoms with E-state index in [0.717, 1.165) is 25.6 Å². The number of nitrogens with zero attached hydrogens (tertiary/aromatic N) is 3. The van der Waals surface area contributed by atoms with Gasteiger partial charge in [-0.05, 0) is 7.05 Å². The first-order valence-corrected chi connectivity index (χ1v) is 4.70. The monoisotopic (exact) mass is 197 g/mol. The molecule has 0 unspecified atom stereocenters. The molecule has 2 aliphatic rings. The number of aliphatic carboxylic acids is 1. The molecule has 0 aromatic rings. The van der Waals surface area contributed by atoms with E-state index in [1.54, 1.807) is 0 Å². The number of fused-ring (bicyclic) bond motifs is 1. The van der Waals surface area contributed by atoms with Crippen LogP contribution in [0, 0.1) is 0 Å². The van der Waals surface area contributed by atoms with E-state index in [1.807, 2.05) is 23.9 Å². The lowest BCUT2D eigenvalue weighted by atomic mass is 10.2. The number of carboxylic acids is 1. The summed E-state index contributed by atoms with van der Waals surface area (Å²) in [6.07, 6.45) is 0. The second-order valence-corrected chi connectivity index (χ2v) is 3.95. The normalized spacial score (nSPS) is 23.0. The van der Waals surface area contributed by atoms with Crippen molar-refractivity contribution in [3.63, 3.8) is 0 Å². The molecule has 5 nitrogen and oxygen atoms in total. The summed E-state index contributed by atoms with van der Waals surface area (Å²) in [5, 5.41) is 9.08. The van der Waals surface area contributed by atoms with Gasteiger partial charge in [0.2, 0.25) is 0 Å². The zero-order chi connectivity index (χ0) is 10.3. The third-order valence-electron chi connectivity index (χ3n) is 2.73. The number of carboxylic acid groups (broad SMARTS) is 1. The van der Waals surface area contributed by atoms with Gasteiger partial charge in [-0.3, -0.25) is 4.90 Å². The van der Waals surface area contributed by atoms with Gasteiger partial charge < -0.3 is 14.9 Å². The van der Waals surface area contributed by atoms with Gasteiger partial charge in [0.15, 0.2) is 0 Å². The molecule has 0 aliphatic carbocycles. The molecule has 14 heavy (non-hydrogen) atoms. The van der Waals surface area contributed by atoms with Crippen molar-refractivity contribution >= 4 is 5.97 Å². The summed E-state index contributed by atoms with van der Waals surface area (Å²) < 4.78 is 0. The lowest BCUT2D eigenvalue weighted by Gasteiger charge is -2.34. The van der Waals surface area contributed by atoms with Crippen molar-refractivity contribution in [2.45, 2.75) is 0 Å². The molecular formula is C9H15N3O2. The van der Waals surface area contributed by atoms with E-state index in [4.69, 9.17) is 5.11 Å². The quantitative estimate of drug-likeness (QED) is 0.610. The van der Waals surface area contributed by atoms with E-state index in [2.05, 4.69) is 4.90 Å². The van der Waals surface area contributed by atoms with Gasteiger partial charge in [0, 0.05) is 26.7 Å². The summed E-state index contributed by atoms with van der Waals surface area (Å²) in [7, 11) is 3.89. The zero-order valence-corrected chi connectivity index (χ0v) is 8.53. The van der Waals surface area contributed by atoms with Crippen molar-refractivity contribution in [1.82, 2.24) is 14.7 Å². The van der Waals surface area contributed by atoms with Crippen LogP contribution in [0.15, 0.2) is 11.4 Å². The topological polar surface area (TPSA) is 47.0 Å². The van der Waals surface area contributed by atoms with Crippen molar-refractivity contribution in [2.24, 2.45) is 0 Å². The highest BCUT2D eigenvalue weighted by atomic mass is 16.4. The Morgan fingerprint density at radius 1 is 1.36 bits per heavy atom. The molecule has 0 aromatic carbocycles. The van der Waals surface area contributed by atoms with Crippen LogP contribution >= 0.6 is 0 Å². The number of carbonyl (C=O) groups is 1. The highest BCUT2D eigenvalue weighted by molar-refractivity contribution is 5.88. The number of likely N-dealkylation sites (N-methyl/N-ethyl adjacent to an activating group) is 2. The van der Waals surface area contributed by atoms with Crippen LogP contribution in [-0.4, -0.2) is 66.2 Å². The largest absolute Gasteiger partial charge is 0.478 e. The fourth-order valence-corrected chi connectivity index (χ4v) is 2.13. The second kappa shape index (κ2) is 3.16. The Hall–Kier alpha value is -1.23. The van der Waals surface area contributed by atoms with Gasteiger partial charge in [-0.25, -0.2) is 4.79 Å². The van der Waals surface area contributed by atoms with Crippen LogP contribution < -0.4 is 0 Å². The molecule has 0 atom stereocenters. The third kappa shape index (κ3) is 1.33. The van der Waals surface area contributed by atoms with Gasteiger partial charge in [-0.1, -0.05) is 0 Å². The van der Waals surface area contributed by atoms with E-state index < -0.39 is 5.97 Å². The van der Waals surface area contributed by atoms with Crippen LogP contribution in [0.2, 0.25) is 0 Å². The predicted molar refractivity (Wildman–Crippen MR) is 51.5 cm³/mol. The lowest BCUT2D eigenvalue weighted by molar-refractivity contribution is -0.133. The van der Waals surface area contributed by atoms with Gasteiger partial charge >= 0.3 is 5.97 Å². The maximum Gasteiger partial charge on any atom is 0.336 e. The second-order valence-electron chi connectivity index (χ2n) is 3.95. The number of hydrogen-bond acceptors (Lipinski definition) is 4. The molecule has 0 radical (unpaired) electrons. The van der Waals surface area contributed by atoms with Crippen LogP contribution in [0.1, 0.15) is 0 Å². The van der Waals surface area contributed by atoms with Crippen molar-refractivity contribution in [2.75, 3.05) is 40.4 Å². The first-order valence-electron chi connectivity index (χ1n) is 4.70. The molecule has 1 N–H and O–H groups in total. The first-order chi connectivity index (χ1) is 6.59. The van der Waals surface area contributed by atoms with E-state index in [0.29, 0.717) is 12.1 Å². The van der Waals surface area contributed by atoms with E-state index in [9.17, 15) is 4.79 Å². The summed E-state index contributed by atoms with van der Waals surface area (Å²) >= 11 is 0. The first kappa shape index (κ1) is 9.33. The molecule has 0 bridgehead atoms. The fraction of sp³-hybridized carbons (Fsp3) is 0.667. The minimum Gasteiger partial charge on any atom is -0.478 e. The highest BCUT2D eigenvalue weighted by Gasteiger charge is 2.33. The van der Waals surface area contributed by atoms with E-state index in [-0.39, 0.29) is 0 Å². The van der Waals surface area contributed by atoms with Crippen molar-refractivity contribution < 1.29 is 9.90 Å². The van der Waals surface area contributed by atoms with Gasteiger partial charge in [-0.15, -0.1) is 0 Å². The van der Waals surface area contributed by atoms with Crippen molar-refractivity contribution in [3.05, 3.63) is 11.4 Å². The van der Waals surface area contributed by atoms with Crippen LogP contribution in [0.3, 0.4) is 0 Å². The van der Waals surface area contributed by atoms with Crippen LogP contribution in [0.5, 0.6) is 0 Å². The lowest BCUT2D eigenvalue weighted by Crippen LogP contribution is -2.42. The molecule has 2 rings (SSSR count). The minimum absolute atomic E-state index is 0.513. The summed E-state index contributed by atoms with van der Waals surface area (Å²) in [5.74, 6) is 0.0981. The molecule has 78 valence electrons. The Morgan fingerprint density at radius 2 is 2.07 bits per heavy atom. The molecular weight excluding hydrogens is 182 g/mol. The standard InChI is InChI=1S/C9H15N3O2/c1-10-5-7(9(13)14)8-11(2)3-4-12(8)6-10/h3-6H2,1-2H3,(H,13,14). The summed E-state index contributed by atoms with van der Waals surface area (Å²) in [5.41, 5.74) is 0.513. The average molecular weight is 197 g/mol. The molecule has 0 aromatic heterocycles. The molecule has 0 saturated carbocycles. The smallest absolute Gasteiger partial charge is 0.336 e. The number of rotatable bonds is 1. The van der Waals surface area contributed by atoms with Crippen LogP contribution in [-0.2, 0) is 4.79 Å². The van der Waals surface area contributed by atoms with Gasteiger partial charge in [0.05, 0.1) is 12.2 Å². The maximum absolute atomic E-state index is 11.1. The van der Waals surface area contributed by atoms with Crippen LogP contribution in [0.25, 0.3) is 0 Å². The third-order valence-corrected chi connectivity index (χ3v) is 2.73. The van der Waals surface area contributed by atoms with E-state index in [1.165, 1.54) is 0 Å². The minimum atomic E-state index is -0.801. The van der Waals surface area contributed by atoms with Gasteiger partial charge in [0.25, 0.3) is 0 Å². The van der Waals surface area contributed by atoms with Crippen LogP contribution in [0.4, 0.5) is 0 Å². The summed E-state index contributed by atoms with van der Waals surface area (Å²) in [6.45, 7) is 3.20. The van der Waals surface area contributed by atoms with E-state index >= 15 is 0 Å². The molecule has 2 aliphatic heterocycles. The Morgan fingerprint density at radius 3 is 2.71 bits per heavy atom. The predicted octanol–water partition coefficient (Wildman–Crippen LogP) is -0.567. The average Bonchev–Trinajstić information content (AvgIpc) is 2.46. The van der Waals surface area contributed by atoms with Gasteiger partial charge in [0.1, 0.15) is 5.82 Å². The molecule has 1 fully saturated rings. The molecule has 5 heteroatoms. The Balaban J connectivity index is 2.38. The fourth-order valence-electron chi connectivity index (χ4n) is 2.13. The maximum atomic E-state index is 11.1. The Kier molecular flexibility index (Phi) is 2.11. The SMILES string of the molecule is CN1CC(C(=O)O)=C2N(C)CCN2C1. The summed E-state index contributed by atoms with van der Waals surface area (Å²) in [6, 6.07) is 0. The van der Waals surface area contributed by atoms with Crippen molar-refractivity contribution in [1.29, 1.82) is 0 Å². The molecule has 0 amide bonds. The molecule has 0 spiro atoms. The molecule has 2 heterocycles. The van der Waals surface area contributed by atoms with Gasteiger partial charge in [-0.2, -0.15) is 0 Å². The Bertz CT molecular complexity index is 300.